The second-order valence-corrected chi connectivity index (χ2v) is 5.86. The van der Waals surface area contributed by atoms with Gasteiger partial charge in [0.25, 0.3) is 5.91 Å². The molecule has 0 bridgehead atoms. The van der Waals surface area contributed by atoms with E-state index in [0.717, 1.165) is 12.1 Å². The molecule has 1 aliphatic heterocycles. The number of hydrogen-bond acceptors (Lipinski definition) is 3. The van der Waals surface area contributed by atoms with E-state index in [2.05, 4.69) is 21.2 Å². The van der Waals surface area contributed by atoms with Crippen LogP contribution in [0.4, 0.5) is 18.9 Å². The molecule has 0 fully saturated rings. The first-order valence-electron chi connectivity index (χ1n) is 6.92. The van der Waals surface area contributed by atoms with E-state index in [0.29, 0.717) is 29.2 Å². The Morgan fingerprint density at radius 3 is 2.42 bits per heavy atom. The third-order valence-corrected chi connectivity index (χ3v) is 3.98. The van der Waals surface area contributed by atoms with Gasteiger partial charge in [-0.05, 0) is 46.3 Å². The fraction of sp³-hybridized carbons (Fsp3) is 0.188. The second kappa shape index (κ2) is 6.35. The Kier molecular flexibility index (Phi) is 4.40. The fourth-order valence-electron chi connectivity index (χ4n) is 2.21. The molecule has 8 heteroatoms. The molecule has 4 nitrogen and oxygen atoms in total. The summed E-state index contributed by atoms with van der Waals surface area (Å²) < 4.78 is 49.5. The van der Waals surface area contributed by atoms with E-state index in [1.54, 1.807) is 6.07 Å². The van der Waals surface area contributed by atoms with Gasteiger partial charge in [-0.15, -0.1) is 0 Å². The molecule has 2 aromatic carbocycles. The highest BCUT2D eigenvalue weighted by Gasteiger charge is 2.30. The molecule has 1 aliphatic rings. The Morgan fingerprint density at radius 2 is 1.75 bits per heavy atom. The Labute approximate surface area is 143 Å². The largest absolute Gasteiger partial charge is 0.486 e. The summed E-state index contributed by atoms with van der Waals surface area (Å²) >= 11 is 3.26. The quantitative estimate of drug-likeness (QED) is 0.806. The lowest BCUT2D eigenvalue weighted by Gasteiger charge is -2.19. The molecule has 0 radical (unpaired) electrons. The Balaban J connectivity index is 1.85. The minimum Gasteiger partial charge on any atom is -0.486 e. The summed E-state index contributed by atoms with van der Waals surface area (Å²) in [7, 11) is 0. The number of rotatable bonds is 2. The van der Waals surface area contributed by atoms with Crippen LogP contribution in [0.2, 0.25) is 0 Å². The summed E-state index contributed by atoms with van der Waals surface area (Å²) in [6.07, 6.45) is -4.47. The van der Waals surface area contributed by atoms with Gasteiger partial charge in [-0.3, -0.25) is 4.79 Å². The maximum atomic E-state index is 12.7. The summed E-state index contributed by atoms with van der Waals surface area (Å²) in [4.78, 5) is 12.4. The third-order valence-electron chi connectivity index (χ3n) is 3.32. The maximum Gasteiger partial charge on any atom is 0.416 e. The topological polar surface area (TPSA) is 47.6 Å². The van der Waals surface area contributed by atoms with Crippen LogP contribution in [0.25, 0.3) is 0 Å². The monoisotopic (exact) mass is 401 g/mol. The zero-order valence-corrected chi connectivity index (χ0v) is 13.7. The standard InChI is InChI=1S/C16H11BrF3NO3/c17-12-8-14-13(23-4-5-24-14)7-11(12)15(22)21-10-3-1-2-9(6-10)16(18,19)20/h1-3,6-8H,4-5H2,(H,21,22). The molecule has 1 N–H and O–H groups in total. The van der Waals surface area contributed by atoms with Crippen molar-refractivity contribution >= 4 is 27.5 Å². The van der Waals surface area contributed by atoms with E-state index in [1.165, 1.54) is 18.2 Å². The molecule has 3 rings (SSSR count). The van der Waals surface area contributed by atoms with Gasteiger partial charge in [0.15, 0.2) is 11.5 Å². The Bertz CT molecular complexity index is 793. The SMILES string of the molecule is O=C(Nc1cccc(C(F)(F)F)c1)c1cc2c(cc1Br)OCCO2. The average molecular weight is 402 g/mol. The van der Waals surface area contributed by atoms with Crippen molar-refractivity contribution in [3.05, 3.63) is 52.0 Å². The summed E-state index contributed by atoms with van der Waals surface area (Å²) in [6.45, 7) is 0.776. The van der Waals surface area contributed by atoms with E-state index in [-0.39, 0.29) is 11.3 Å². The number of carbonyl (C=O) groups excluding carboxylic acids is 1. The van der Waals surface area contributed by atoms with Gasteiger partial charge in [-0.2, -0.15) is 13.2 Å². The third kappa shape index (κ3) is 3.48. The van der Waals surface area contributed by atoms with E-state index < -0.39 is 17.6 Å². The second-order valence-electron chi connectivity index (χ2n) is 5.01. The lowest BCUT2D eigenvalue weighted by Crippen LogP contribution is -2.18. The number of alkyl halides is 3. The molecule has 0 aliphatic carbocycles. The number of benzene rings is 2. The van der Waals surface area contributed by atoms with Crippen molar-refractivity contribution in [1.29, 1.82) is 0 Å². The molecule has 0 spiro atoms. The van der Waals surface area contributed by atoms with Crippen molar-refractivity contribution in [3.8, 4) is 11.5 Å². The lowest BCUT2D eigenvalue weighted by atomic mass is 10.1. The summed E-state index contributed by atoms with van der Waals surface area (Å²) in [5.41, 5.74) is -0.546. The number of amides is 1. The molecule has 0 aromatic heterocycles. The molecular formula is C16H11BrF3NO3. The van der Waals surface area contributed by atoms with Gasteiger partial charge in [0.1, 0.15) is 13.2 Å². The van der Waals surface area contributed by atoms with Crippen LogP contribution < -0.4 is 14.8 Å². The molecule has 0 saturated carbocycles. The van der Waals surface area contributed by atoms with Crippen molar-refractivity contribution in [2.45, 2.75) is 6.18 Å². The number of anilines is 1. The lowest BCUT2D eigenvalue weighted by molar-refractivity contribution is -0.137. The molecule has 1 amide bonds. The van der Waals surface area contributed by atoms with Gasteiger partial charge in [0, 0.05) is 10.2 Å². The van der Waals surface area contributed by atoms with Crippen molar-refractivity contribution in [2.24, 2.45) is 0 Å². The van der Waals surface area contributed by atoms with Gasteiger partial charge in [0.05, 0.1) is 11.1 Å². The van der Waals surface area contributed by atoms with Crippen LogP contribution in [0.3, 0.4) is 0 Å². The van der Waals surface area contributed by atoms with Gasteiger partial charge >= 0.3 is 6.18 Å². The highest BCUT2D eigenvalue weighted by molar-refractivity contribution is 9.10. The van der Waals surface area contributed by atoms with E-state index in [9.17, 15) is 18.0 Å². The summed E-state index contributed by atoms with van der Waals surface area (Å²) in [5, 5.41) is 2.45. The first kappa shape index (κ1) is 16.6. The summed E-state index contributed by atoms with van der Waals surface area (Å²) in [6, 6.07) is 7.52. The predicted molar refractivity (Wildman–Crippen MR) is 84.5 cm³/mol. The van der Waals surface area contributed by atoms with Gasteiger partial charge < -0.3 is 14.8 Å². The van der Waals surface area contributed by atoms with Crippen LogP contribution in [0.5, 0.6) is 11.5 Å². The highest BCUT2D eigenvalue weighted by atomic mass is 79.9. The van der Waals surface area contributed by atoms with Crippen LogP contribution in [-0.4, -0.2) is 19.1 Å². The van der Waals surface area contributed by atoms with Crippen LogP contribution in [0.1, 0.15) is 15.9 Å². The molecule has 24 heavy (non-hydrogen) atoms. The number of halogens is 4. The van der Waals surface area contributed by atoms with Gasteiger partial charge in [-0.25, -0.2) is 0 Å². The van der Waals surface area contributed by atoms with E-state index in [1.807, 2.05) is 0 Å². The Hall–Kier alpha value is -2.22. The highest BCUT2D eigenvalue weighted by Crippen LogP contribution is 2.36. The van der Waals surface area contributed by atoms with E-state index in [4.69, 9.17) is 9.47 Å². The molecule has 126 valence electrons. The average Bonchev–Trinajstić information content (AvgIpc) is 2.53. The molecular weight excluding hydrogens is 391 g/mol. The zero-order valence-electron chi connectivity index (χ0n) is 12.1. The zero-order chi connectivity index (χ0) is 17.3. The van der Waals surface area contributed by atoms with Crippen LogP contribution in [0.15, 0.2) is 40.9 Å². The molecule has 0 saturated heterocycles. The molecule has 2 aromatic rings. The van der Waals surface area contributed by atoms with Crippen LogP contribution in [-0.2, 0) is 6.18 Å². The Morgan fingerprint density at radius 1 is 1.08 bits per heavy atom. The van der Waals surface area contributed by atoms with Crippen molar-refractivity contribution in [3.63, 3.8) is 0 Å². The minimum atomic E-state index is -4.47. The molecule has 1 heterocycles. The van der Waals surface area contributed by atoms with Gasteiger partial charge in [-0.1, -0.05) is 6.07 Å². The van der Waals surface area contributed by atoms with Crippen molar-refractivity contribution in [1.82, 2.24) is 0 Å². The number of nitrogens with one attached hydrogen (secondary N) is 1. The predicted octanol–water partition coefficient (Wildman–Crippen LogP) is 4.49. The number of ether oxygens (including phenoxy) is 2. The first-order valence-corrected chi connectivity index (χ1v) is 7.71. The molecule has 0 atom stereocenters. The summed E-state index contributed by atoms with van der Waals surface area (Å²) in [5.74, 6) is 0.362. The van der Waals surface area contributed by atoms with E-state index >= 15 is 0 Å². The van der Waals surface area contributed by atoms with Crippen molar-refractivity contribution < 1.29 is 27.4 Å². The number of fused-ring (bicyclic) bond motifs is 1. The maximum absolute atomic E-state index is 12.7. The van der Waals surface area contributed by atoms with Crippen LogP contribution >= 0.6 is 15.9 Å². The fourth-order valence-corrected chi connectivity index (χ4v) is 2.71. The first-order chi connectivity index (χ1) is 11.3. The van der Waals surface area contributed by atoms with Crippen molar-refractivity contribution in [2.75, 3.05) is 18.5 Å². The smallest absolute Gasteiger partial charge is 0.416 e. The van der Waals surface area contributed by atoms with Crippen LogP contribution in [0, 0.1) is 0 Å². The minimum absolute atomic E-state index is 0.0524. The number of hydrogen-bond donors (Lipinski definition) is 1. The number of carbonyl (C=O) groups is 1. The normalized spacial score (nSPS) is 13.5. The van der Waals surface area contributed by atoms with Gasteiger partial charge in [0.2, 0.25) is 0 Å². The molecule has 0 unspecified atom stereocenters.